The van der Waals surface area contributed by atoms with Crippen LogP contribution in [0.5, 0.6) is 11.5 Å². The summed E-state index contributed by atoms with van der Waals surface area (Å²) in [6.45, 7) is 0. The molecule has 0 unspecified atom stereocenters. The highest BCUT2D eigenvalue weighted by atomic mass is 16.6. The van der Waals surface area contributed by atoms with Crippen molar-refractivity contribution in [2.75, 3.05) is 21.3 Å². The van der Waals surface area contributed by atoms with Gasteiger partial charge in [-0.15, -0.1) is 0 Å². The van der Waals surface area contributed by atoms with E-state index in [-0.39, 0.29) is 17.9 Å². The molecule has 0 aliphatic rings. The molecule has 1 amide bonds. The first kappa shape index (κ1) is 15.8. The average Bonchev–Trinajstić information content (AvgIpc) is 2.51. The second-order valence-electron chi connectivity index (χ2n) is 4.65. The number of aromatic amines is 1. The SMILES string of the molecule is CONC(=O)CCc1cc2cc(OC)c(OC)cc2[nH]c1=O. The van der Waals surface area contributed by atoms with Gasteiger partial charge >= 0.3 is 0 Å². The van der Waals surface area contributed by atoms with Crippen LogP contribution >= 0.6 is 0 Å². The number of pyridine rings is 1. The summed E-state index contributed by atoms with van der Waals surface area (Å²) in [5.74, 6) is 0.831. The van der Waals surface area contributed by atoms with Crippen LogP contribution in [0, 0.1) is 0 Å². The maximum Gasteiger partial charge on any atom is 0.251 e. The number of methoxy groups -OCH3 is 2. The van der Waals surface area contributed by atoms with E-state index in [1.54, 1.807) is 25.3 Å². The monoisotopic (exact) mass is 306 g/mol. The van der Waals surface area contributed by atoms with E-state index in [0.717, 1.165) is 5.39 Å². The third-order valence-electron chi connectivity index (χ3n) is 3.26. The van der Waals surface area contributed by atoms with Crippen LogP contribution in [0.4, 0.5) is 0 Å². The Morgan fingerprint density at radius 2 is 1.82 bits per heavy atom. The fraction of sp³-hybridized carbons (Fsp3) is 0.333. The fourth-order valence-corrected chi connectivity index (χ4v) is 2.18. The van der Waals surface area contributed by atoms with Crippen LogP contribution in [-0.2, 0) is 16.1 Å². The first-order chi connectivity index (χ1) is 10.6. The van der Waals surface area contributed by atoms with Gasteiger partial charge in [-0.05, 0) is 18.6 Å². The second-order valence-corrected chi connectivity index (χ2v) is 4.65. The summed E-state index contributed by atoms with van der Waals surface area (Å²) in [6.07, 6.45) is 0.477. The first-order valence-electron chi connectivity index (χ1n) is 6.68. The molecule has 0 spiro atoms. The van der Waals surface area contributed by atoms with Crippen molar-refractivity contribution < 1.29 is 19.1 Å². The van der Waals surface area contributed by atoms with E-state index in [9.17, 15) is 9.59 Å². The number of benzene rings is 1. The Hall–Kier alpha value is -2.54. The standard InChI is InChI=1S/C15H18N2O5/c1-20-12-7-10-6-9(4-5-14(18)17-22-3)15(19)16-11(10)8-13(12)21-2/h6-8H,4-5H2,1-3H3,(H,16,19)(H,17,18). The van der Waals surface area contributed by atoms with Crippen molar-refractivity contribution in [3.63, 3.8) is 0 Å². The average molecular weight is 306 g/mol. The number of hydroxylamine groups is 1. The maximum atomic E-state index is 12.1. The number of rotatable bonds is 6. The van der Waals surface area contributed by atoms with Crippen LogP contribution < -0.4 is 20.5 Å². The lowest BCUT2D eigenvalue weighted by Crippen LogP contribution is -2.23. The summed E-state index contributed by atoms with van der Waals surface area (Å²) in [6, 6.07) is 5.23. The number of hydrogen-bond acceptors (Lipinski definition) is 5. The van der Waals surface area contributed by atoms with E-state index in [2.05, 4.69) is 15.3 Å². The summed E-state index contributed by atoms with van der Waals surface area (Å²) in [7, 11) is 4.44. The van der Waals surface area contributed by atoms with Crippen LogP contribution in [0.3, 0.4) is 0 Å². The molecule has 0 saturated heterocycles. The second kappa shape index (κ2) is 6.95. The molecule has 0 bridgehead atoms. The van der Waals surface area contributed by atoms with E-state index in [1.165, 1.54) is 14.2 Å². The summed E-state index contributed by atoms with van der Waals surface area (Å²) >= 11 is 0. The zero-order valence-electron chi connectivity index (χ0n) is 12.7. The number of aromatic nitrogens is 1. The minimum atomic E-state index is -0.283. The number of hydrogen-bond donors (Lipinski definition) is 2. The zero-order valence-corrected chi connectivity index (χ0v) is 12.7. The van der Waals surface area contributed by atoms with Crippen LogP contribution in [0.1, 0.15) is 12.0 Å². The molecule has 0 aliphatic heterocycles. The van der Waals surface area contributed by atoms with E-state index in [4.69, 9.17) is 9.47 Å². The molecule has 0 radical (unpaired) electrons. The van der Waals surface area contributed by atoms with E-state index in [0.29, 0.717) is 29.0 Å². The number of fused-ring (bicyclic) bond motifs is 1. The van der Waals surface area contributed by atoms with Gasteiger partial charge in [0, 0.05) is 23.4 Å². The molecule has 2 N–H and O–H groups in total. The molecule has 2 rings (SSSR count). The summed E-state index contributed by atoms with van der Waals surface area (Å²) in [5.41, 5.74) is 3.15. The van der Waals surface area contributed by atoms with E-state index in [1.807, 2.05) is 0 Å². The Kier molecular flexibility index (Phi) is 5.00. The summed E-state index contributed by atoms with van der Waals surface area (Å²) in [5, 5.41) is 0.805. The van der Waals surface area contributed by atoms with Gasteiger partial charge in [0.1, 0.15) is 0 Å². The number of carbonyl (C=O) groups excluding carboxylic acids is 1. The van der Waals surface area contributed by atoms with Gasteiger partial charge in [0.2, 0.25) is 5.91 Å². The predicted octanol–water partition coefficient (Wildman–Crippen LogP) is 1.16. The summed E-state index contributed by atoms with van der Waals surface area (Å²) < 4.78 is 10.5. The van der Waals surface area contributed by atoms with Gasteiger partial charge in [-0.25, -0.2) is 5.48 Å². The van der Waals surface area contributed by atoms with Crippen LogP contribution in [-0.4, -0.2) is 32.2 Å². The zero-order chi connectivity index (χ0) is 16.1. The molecule has 7 nitrogen and oxygen atoms in total. The van der Waals surface area contributed by atoms with Crippen molar-refractivity contribution in [1.82, 2.24) is 10.5 Å². The molecule has 2 aromatic rings. The molecule has 7 heteroatoms. The number of H-pyrrole nitrogens is 1. The van der Waals surface area contributed by atoms with Gasteiger partial charge < -0.3 is 14.5 Å². The Morgan fingerprint density at radius 3 is 2.45 bits per heavy atom. The van der Waals surface area contributed by atoms with Crippen LogP contribution in [0.2, 0.25) is 0 Å². The highest BCUT2D eigenvalue weighted by Crippen LogP contribution is 2.31. The van der Waals surface area contributed by atoms with Gasteiger partial charge in [0.15, 0.2) is 11.5 Å². The molecule has 1 aromatic heterocycles. The molecular weight excluding hydrogens is 288 g/mol. The largest absolute Gasteiger partial charge is 0.493 e. The topological polar surface area (TPSA) is 89.7 Å². The quantitative estimate of drug-likeness (QED) is 0.782. The van der Waals surface area contributed by atoms with Gasteiger partial charge in [-0.3, -0.25) is 14.4 Å². The van der Waals surface area contributed by atoms with Crippen molar-refractivity contribution in [2.45, 2.75) is 12.8 Å². The van der Waals surface area contributed by atoms with Crippen molar-refractivity contribution >= 4 is 16.8 Å². The Bertz CT molecular complexity index is 739. The maximum absolute atomic E-state index is 12.1. The van der Waals surface area contributed by atoms with Gasteiger partial charge in [-0.1, -0.05) is 0 Å². The smallest absolute Gasteiger partial charge is 0.251 e. The molecule has 0 saturated carbocycles. The highest BCUT2D eigenvalue weighted by molar-refractivity contribution is 5.83. The fourth-order valence-electron chi connectivity index (χ4n) is 2.18. The minimum absolute atomic E-state index is 0.162. The molecule has 1 aromatic carbocycles. The molecular formula is C15H18N2O5. The first-order valence-corrected chi connectivity index (χ1v) is 6.68. The van der Waals surface area contributed by atoms with Crippen LogP contribution in [0.25, 0.3) is 10.9 Å². The number of ether oxygens (including phenoxy) is 2. The van der Waals surface area contributed by atoms with Crippen molar-refractivity contribution in [1.29, 1.82) is 0 Å². The lowest BCUT2D eigenvalue weighted by Gasteiger charge is -2.10. The normalized spacial score (nSPS) is 10.5. The Labute approximate surface area is 127 Å². The third-order valence-corrected chi connectivity index (χ3v) is 3.26. The molecule has 0 atom stereocenters. The molecule has 118 valence electrons. The van der Waals surface area contributed by atoms with E-state index < -0.39 is 0 Å². The minimum Gasteiger partial charge on any atom is -0.493 e. The number of amides is 1. The molecule has 0 fully saturated rings. The molecule has 22 heavy (non-hydrogen) atoms. The number of carbonyl (C=O) groups is 1. The Balaban J connectivity index is 2.35. The molecule has 0 aliphatic carbocycles. The van der Waals surface area contributed by atoms with Gasteiger partial charge in [-0.2, -0.15) is 0 Å². The van der Waals surface area contributed by atoms with Crippen molar-refractivity contribution in [2.24, 2.45) is 0 Å². The predicted molar refractivity (Wildman–Crippen MR) is 81.1 cm³/mol. The number of aryl methyl sites for hydroxylation is 1. The van der Waals surface area contributed by atoms with Crippen molar-refractivity contribution in [3.05, 3.63) is 34.1 Å². The van der Waals surface area contributed by atoms with Gasteiger partial charge in [0.05, 0.1) is 26.8 Å². The van der Waals surface area contributed by atoms with E-state index >= 15 is 0 Å². The highest BCUT2D eigenvalue weighted by Gasteiger charge is 2.10. The lowest BCUT2D eigenvalue weighted by atomic mass is 10.1. The number of nitrogens with one attached hydrogen (secondary N) is 2. The van der Waals surface area contributed by atoms with Crippen molar-refractivity contribution in [3.8, 4) is 11.5 Å². The lowest BCUT2D eigenvalue weighted by molar-refractivity contribution is -0.131. The third kappa shape index (κ3) is 3.37. The van der Waals surface area contributed by atoms with Gasteiger partial charge in [0.25, 0.3) is 5.56 Å². The van der Waals surface area contributed by atoms with Crippen LogP contribution in [0.15, 0.2) is 23.0 Å². The molecule has 1 heterocycles. The summed E-state index contributed by atoms with van der Waals surface area (Å²) in [4.78, 5) is 30.8. The Morgan fingerprint density at radius 1 is 1.14 bits per heavy atom.